The average Bonchev–Trinajstić information content (AvgIpc) is 3.25. The summed E-state index contributed by atoms with van der Waals surface area (Å²) in [5.74, 6) is -0.406. The molecule has 0 radical (unpaired) electrons. The number of amides is 1. The van der Waals surface area contributed by atoms with Crippen LogP contribution in [0.2, 0.25) is 0 Å². The summed E-state index contributed by atoms with van der Waals surface area (Å²) in [5, 5.41) is 3.35. The number of benzene rings is 1. The number of hydrogen-bond acceptors (Lipinski definition) is 8. The predicted molar refractivity (Wildman–Crippen MR) is 131 cm³/mol. The highest BCUT2D eigenvalue weighted by molar-refractivity contribution is 7.14. The van der Waals surface area contributed by atoms with E-state index in [1.807, 2.05) is 58.0 Å². The van der Waals surface area contributed by atoms with Crippen molar-refractivity contribution in [3.05, 3.63) is 56.9 Å². The van der Waals surface area contributed by atoms with Gasteiger partial charge in [-0.1, -0.05) is 30.3 Å². The van der Waals surface area contributed by atoms with Crippen molar-refractivity contribution in [3.63, 3.8) is 0 Å². The van der Waals surface area contributed by atoms with E-state index in [1.54, 1.807) is 19.9 Å². The number of thiazole rings is 1. The molecule has 1 amide bonds. The fourth-order valence-corrected chi connectivity index (χ4v) is 4.11. The molecule has 10 heteroatoms. The van der Waals surface area contributed by atoms with Crippen molar-refractivity contribution in [1.82, 2.24) is 10.3 Å². The molecule has 1 aromatic heterocycles. The van der Waals surface area contributed by atoms with Crippen molar-refractivity contribution < 1.29 is 28.4 Å². The van der Waals surface area contributed by atoms with Crippen LogP contribution in [0.1, 0.15) is 60.6 Å². The maximum atomic E-state index is 12.3. The van der Waals surface area contributed by atoms with E-state index >= 15 is 0 Å². The molecule has 1 fully saturated rings. The number of hydrogen-bond donors (Lipinski definition) is 1. The summed E-state index contributed by atoms with van der Waals surface area (Å²) in [6, 6.07) is 9.44. The second-order valence-corrected chi connectivity index (χ2v) is 9.94. The molecule has 0 unspecified atom stereocenters. The highest BCUT2D eigenvalue weighted by Crippen LogP contribution is 2.39. The molecule has 0 aliphatic carbocycles. The Kier molecular flexibility index (Phi) is 8.17. The van der Waals surface area contributed by atoms with E-state index < -0.39 is 30.4 Å². The van der Waals surface area contributed by atoms with Crippen molar-refractivity contribution in [2.45, 2.75) is 59.4 Å². The normalized spacial score (nSPS) is 16.9. The summed E-state index contributed by atoms with van der Waals surface area (Å²) < 4.78 is 22.8. The number of rotatable bonds is 8. The minimum Gasteiger partial charge on any atom is -0.462 e. The Balaban J connectivity index is 1.77. The van der Waals surface area contributed by atoms with Crippen LogP contribution in [0.25, 0.3) is 6.08 Å². The smallest absolute Gasteiger partial charge is 0.462 e. The molecule has 1 aromatic carbocycles. The fraction of sp³-hybridized carbons (Fsp3) is 0.458. The largest absolute Gasteiger partial charge is 0.492 e. The van der Waals surface area contributed by atoms with Gasteiger partial charge in [-0.25, -0.2) is 14.6 Å². The van der Waals surface area contributed by atoms with Gasteiger partial charge in [-0.2, -0.15) is 0 Å². The Hall–Kier alpha value is -2.69. The summed E-state index contributed by atoms with van der Waals surface area (Å²) in [6.07, 6.45) is 1.22. The first-order valence-electron chi connectivity index (χ1n) is 11.2. The van der Waals surface area contributed by atoms with Crippen molar-refractivity contribution in [3.8, 4) is 0 Å². The van der Waals surface area contributed by atoms with Crippen molar-refractivity contribution in [2.24, 2.45) is 0 Å². The number of esters is 1. The van der Waals surface area contributed by atoms with Crippen LogP contribution in [0.5, 0.6) is 0 Å². The summed E-state index contributed by atoms with van der Waals surface area (Å²) in [4.78, 5) is 29.5. The Bertz CT molecular complexity index is 1030. The number of aryl methyl sites for hydroxylation is 1. The Morgan fingerprint density at radius 3 is 2.38 bits per heavy atom. The molecule has 0 atom stereocenters. The van der Waals surface area contributed by atoms with Crippen LogP contribution in [0.3, 0.4) is 0 Å². The van der Waals surface area contributed by atoms with Crippen LogP contribution in [0.15, 0.2) is 35.8 Å². The number of nitrogens with one attached hydrogen (secondary N) is 1. The minimum absolute atomic E-state index is 0.123. The molecule has 1 saturated heterocycles. The summed E-state index contributed by atoms with van der Waals surface area (Å²) >= 11 is 1.22. The summed E-state index contributed by atoms with van der Waals surface area (Å²) in [6.45, 7) is 11.9. The van der Waals surface area contributed by atoms with Crippen LogP contribution in [0.4, 0.5) is 4.79 Å². The molecule has 2 aromatic rings. The van der Waals surface area contributed by atoms with Gasteiger partial charge < -0.3 is 24.1 Å². The zero-order valence-corrected chi connectivity index (χ0v) is 21.3. The van der Waals surface area contributed by atoms with Crippen molar-refractivity contribution in [1.29, 1.82) is 0 Å². The summed E-state index contributed by atoms with van der Waals surface area (Å²) in [5.41, 5.74) is 1.01. The highest BCUT2D eigenvalue weighted by atomic mass is 32.1. The van der Waals surface area contributed by atoms with Crippen LogP contribution >= 0.6 is 11.3 Å². The second kappa shape index (κ2) is 10.7. The quantitative estimate of drug-likeness (QED) is 0.431. The van der Waals surface area contributed by atoms with E-state index in [1.165, 1.54) is 11.3 Å². The fourth-order valence-electron chi connectivity index (χ4n) is 3.17. The monoisotopic (exact) mass is 486 g/mol. The van der Waals surface area contributed by atoms with Crippen LogP contribution in [-0.2, 0) is 25.4 Å². The molecule has 1 aliphatic heterocycles. The molecule has 0 saturated carbocycles. The topological polar surface area (TPSA) is 96.0 Å². The van der Waals surface area contributed by atoms with E-state index in [9.17, 15) is 9.59 Å². The zero-order valence-electron chi connectivity index (χ0n) is 20.5. The van der Waals surface area contributed by atoms with Crippen molar-refractivity contribution >= 4 is 36.6 Å². The van der Waals surface area contributed by atoms with Gasteiger partial charge in [-0.05, 0) is 58.7 Å². The molecule has 2 heterocycles. The highest BCUT2D eigenvalue weighted by Gasteiger charge is 2.52. The molecule has 3 rings (SSSR count). The van der Waals surface area contributed by atoms with Gasteiger partial charge in [0.05, 0.1) is 23.5 Å². The number of carbonyl (C=O) groups is 2. The van der Waals surface area contributed by atoms with Crippen LogP contribution in [0, 0.1) is 6.92 Å². The second-order valence-electron chi connectivity index (χ2n) is 8.91. The van der Waals surface area contributed by atoms with E-state index in [-0.39, 0.29) is 19.8 Å². The minimum atomic E-state index is -0.699. The third-order valence-corrected chi connectivity index (χ3v) is 6.87. The van der Waals surface area contributed by atoms with Gasteiger partial charge in [-0.3, -0.25) is 0 Å². The van der Waals surface area contributed by atoms with Gasteiger partial charge in [0, 0.05) is 6.54 Å². The van der Waals surface area contributed by atoms with Crippen molar-refractivity contribution in [2.75, 3.05) is 13.2 Å². The summed E-state index contributed by atoms with van der Waals surface area (Å²) in [7, 11) is -0.699. The van der Waals surface area contributed by atoms with Crippen LogP contribution < -0.4 is 5.32 Å². The van der Waals surface area contributed by atoms with E-state index in [0.29, 0.717) is 21.1 Å². The van der Waals surface area contributed by atoms with Crippen LogP contribution in [-0.4, -0.2) is 48.5 Å². The Morgan fingerprint density at radius 2 is 1.76 bits per heavy atom. The molecule has 34 heavy (non-hydrogen) atoms. The third-order valence-electron chi connectivity index (χ3n) is 5.79. The third kappa shape index (κ3) is 6.25. The Morgan fingerprint density at radius 1 is 1.12 bits per heavy atom. The average molecular weight is 486 g/mol. The van der Waals surface area contributed by atoms with Gasteiger partial charge in [0.25, 0.3) is 0 Å². The predicted octanol–water partition coefficient (Wildman–Crippen LogP) is 4.57. The molecule has 8 nitrogen and oxygen atoms in total. The maximum Gasteiger partial charge on any atom is 0.492 e. The van der Waals surface area contributed by atoms with E-state index in [4.69, 9.17) is 18.8 Å². The lowest BCUT2D eigenvalue weighted by Gasteiger charge is -2.32. The zero-order chi connectivity index (χ0) is 24.9. The van der Waals surface area contributed by atoms with Gasteiger partial charge in [0.15, 0.2) is 0 Å². The van der Waals surface area contributed by atoms with Gasteiger partial charge in [-0.15, -0.1) is 11.3 Å². The van der Waals surface area contributed by atoms with Gasteiger partial charge in [0.2, 0.25) is 0 Å². The van der Waals surface area contributed by atoms with E-state index in [0.717, 1.165) is 5.56 Å². The molecule has 1 N–H and O–H groups in total. The number of nitrogens with zero attached hydrogens (tertiary/aromatic N) is 1. The SMILES string of the molecule is CCOC(=O)c1sc(C=C(CNC(=O)OCc2ccccc2)B2OC(C)(C)C(C)(C)O2)nc1C. The lowest BCUT2D eigenvalue weighted by molar-refractivity contribution is 0.00578. The lowest BCUT2D eigenvalue weighted by Crippen LogP contribution is -2.41. The van der Waals surface area contributed by atoms with Gasteiger partial charge >= 0.3 is 19.2 Å². The first-order chi connectivity index (χ1) is 16.0. The maximum absolute atomic E-state index is 12.3. The first-order valence-corrected chi connectivity index (χ1v) is 12.0. The molecular weight excluding hydrogens is 455 g/mol. The molecule has 0 spiro atoms. The first kappa shape index (κ1) is 25.9. The number of ether oxygens (including phenoxy) is 2. The molecular formula is C24H31BN2O6S. The standard InChI is InChI=1S/C24H31BN2O6S/c1-7-30-21(28)20-16(2)27-19(34-20)13-18(25-32-23(3,4)24(5,6)33-25)14-26-22(29)31-15-17-11-9-8-10-12-17/h8-13H,7,14-15H2,1-6H3,(H,26,29). The number of carbonyl (C=O) groups excluding carboxylic acids is 2. The van der Waals surface area contributed by atoms with E-state index in [2.05, 4.69) is 10.3 Å². The number of alkyl carbamates (subject to hydrolysis) is 1. The van der Waals surface area contributed by atoms with Gasteiger partial charge in [0.1, 0.15) is 16.5 Å². The molecule has 182 valence electrons. The molecule has 0 bridgehead atoms. The molecule has 1 aliphatic rings. The number of aromatic nitrogens is 1. The lowest BCUT2D eigenvalue weighted by atomic mass is 9.77. The Labute approximate surface area is 204 Å².